The summed E-state index contributed by atoms with van der Waals surface area (Å²) >= 11 is 0. The van der Waals surface area contributed by atoms with Crippen molar-refractivity contribution in [3.8, 4) is 6.07 Å². The topological polar surface area (TPSA) is 81.0 Å². The first-order valence-corrected chi connectivity index (χ1v) is 4.05. The average Bonchev–Trinajstić information content (AvgIpc) is 2.58. The van der Waals surface area contributed by atoms with Crippen LogP contribution in [0.15, 0.2) is 12.3 Å². The van der Waals surface area contributed by atoms with Gasteiger partial charge in [-0.25, -0.2) is 4.79 Å². The summed E-state index contributed by atoms with van der Waals surface area (Å²) in [4.78, 5) is 11.3. The summed E-state index contributed by atoms with van der Waals surface area (Å²) in [6.07, 6.45) is 1.54. The zero-order valence-corrected chi connectivity index (χ0v) is 8.02. The Kier molecular flexibility index (Phi) is 2.77. The highest BCUT2D eigenvalue weighted by Gasteiger charge is 2.16. The molecule has 0 radical (unpaired) electrons. The van der Waals surface area contributed by atoms with Crippen LogP contribution < -0.4 is 5.73 Å². The molecule has 1 atom stereocenters. The quantitative estimate of drug-likeness (QED) is 0.709. The van der Waals surface area contributed by atoms with E-state index in [0.717, 1.165) is 0 Å². The van der Waals surface area contributed by atoms with Gasteiger partial charge < -0.3 is 15.0 Å². The molecule has 0 aliphatic carbocycles. The number of anilines is 1. The molecule has 0 aliphatic heterocycles. The van der Waals surface area contributed by atoms with E-state index in [1.54, 1.807) is 13.1 Å². The monoisotopic (exact) mass is 193 g/mol. The Morgan fingerprint density at radius 3 is 2.93 bits per heavy atom. The van der Waals surface area contributed by atoms with E-state index in [2.05, 4.69) is 4.74 Å². The SMILES string of the molecule is COC(=O)c1cc(N)cn1C(C)C#N. The largest absolute Gasteiger partial charge is 0.464 e. The molecule has 14 heavy (non-hydrogen) atoms. The minimum absolute atomic E-state index is 0.291. The number of nitrogens with two attached hydrogens (primary N) is 1. The van der Waals surface area contributed by atoms with Gasteiger partial charge in [0.25, 0.3) is 0 Å². The second kappa shape index (κ2) is 3.83. The third kappa shape index (κ3) is 1.69. The van der Waals surface area contributed by atoms with Gasteiger partial charge in [0, 0.05) is 6.20 Å². The highest BCUT2D eigenvalue weighted by Crippen LogP contribution is 2.16. The molecule has 0 spiro atoms. The van der Waals surface area contributed by atoms with Crippen LogP contribution >= 0.6 is 0 Å². The fourth-order valence-electron chi connectivity index (χ4n) is 1.15. The van der Waals surface area contributed by atoms with Crippen molar-refractivity contribution in [2.24, 2.45) is 0 Å². The standard InChI is InChI=1S/C9H11N3O2/c1-6(4-10)12-5-7(11)3-8(12)9(13)14-2/h3,5-6H,11H2,1-2H3. The van der Waals surface area contributed by atoms with Gasteiger partial charge in [0.2, 0.25) is 0 Å². The minimum atomic E-state index is -0.496. The number of ether oxygens (including phenoxy) is 1. The smallest absolute Gasteiger partial charge is 0.354 e. The van der Waals surface area contributed by atoms with E-state index in [-0.39, 0.29) is 0 Å². The number of nitrogens with zero attached hydrogens (tertiary/aromatic N) is 2. The van der Waals surface area contributed by atoms with Gasteiger partial charge >= 0.3 is 5.97 Å². The van der Waals surface area contributed by atoms with Gasteiger partial charge in [0.05, 0.1) is 18.9 Å². The fraction of sp³-hybridized carbons (Fsp3) is 0.333. The van der Waals surface area contributed by atoms with Gasteiger partial charge in [-0.05, 0) is 13.0 Å². The van der Waals surface area contributed by atoms with Crippen molar-refractivity contribution >= 4 is 11.7 Å². The van der Waals surface area contributed by atoms with Crippen LogP contribution in [0.4, 0.5) is 5.69 Å². The molecular formula is C9H11N3O2. The predicted octanol–water partition coefficient (Wildman–Crippen LogP) is 0.941. The van der Waals surface area contributed by atoms with E-state index >= 15 is 0 Å². The molecule has 74 valence electrons. The van der Waals surface area contributed by atoms with Crippen LogP contribution in [0.1, 0.15) is 23.5 Å². The molecule has 1 heterocycles. The van der Waals surface area contributed by atoms with Crippen LogP contribution in [0.25, 0.3) is 0 Å². The molecule has 0 bridgehead atoms. The average molecular weight is 193 g/mol. The molecular weight excluding hydrogens is 182 g/mol. The highest BCUT2D eigenvalue weighted by atomic mass is 16.5. The van der Waals surface area contributed by atoms with Crippen LogP contribution in [0.3, 0.4) is 0 Å². The number of methoxy groups -OCH3 is 1. The number of carbonyl (C=O) groups is 1. The molecule has 0 saturated heterocycles. The van der Waals surface area contributed by atoms with E-state index in [1.807, 2.05) is 6.07 Å². The van der Waals surface area contributed by atoms with Gasteiger partial charge in [-0.3, -0.25) is 0 Å². The summed E-state index contributed by atoms with van der Waals surface area (Å²) in [7, 11) is 1.28. The molecule has 1 aromatic heterocycles. The van der Waals surface area contributed by atoms with Crippen LogP contribution in [-0.4, -0.2) is 17.6 Å². The molecule has 5 nitrogen and oxygen atoms in total. The Labute approximate surface area is 81.7 Å². The summed E-state index contributed by atoms with van der Waals surface area (Å²) < 4.78 is 6.05. The van der Waals surface area contributed by atoms with Gasteiger partial charge in [0.1, 0.15) is 11.7 Å². The van der Waals surface area contributed by atoms with Crippen molar-refractivity contribution in [2.75, 3.05) is 12.8 Å². The minimum Gasteiger partial charge on any atom is -0.464 e. The molecule has 0 aliphatic rings. The number of hydrogen-bond donors (Lipinski definition) is 1. The van der Waals surface area contributed by atoms with E-state index < -0.39 is 12.0 Å². The van der Waals surface area contributed by atoms with Crippen molar-refractivity contribution in [3.05, 3.63) is 18.0 Å². The Morgan fingerprint density at radius 2 is 2.43 bits per heavy atom. The summed E-state index contributed by atoms with van der Waals surface area (Å²) in [6.45, 7) is 1.67. The summed E-state index contributed by atoms with van der Waals surface area (Å²) in [5, 5.41) is 8.71. The zero-order chi connectivity index (χ0) is 10.7. The van der Waals surface area contributed by atoms with Crippen molar-refractivity contribution in [2.45, 2.75) is 13.0 Å². The molecule has 1 unspecified atom stereocenters. The maximum Gasteiger partial charge on any atom is 0.354 e. The van der Waals surface area contributed by atoms with Crippen LogP contribution in [0.2, 0.25) is 0 Å². The van der Waals surface area contributed by atoms with E-state index in [4.69, 9.17) is 11.0 Å². The van der Waals surface area contributed by atoms with Crippen LogP contribution in [0.5, 0.6) is 0 Å². The second-order valence-corrected chi connectivity index (χ2v) is 2.86. The van der Waals surface area contributed by atoms with Gasteiger partial charge in [-0.15, -0.1) is 0 Å². The Bertz CT molecular complexity index is 389. The number of esters is 1. The first-order chi connectivity index (χ1) is 6.60. The maximum absolute atomic E-state index is 11.3. The number of aromatic nitrogens is 1. The lowest BCUT2D eigenvalue weighted by molar-refractivity contribution is 0.0587. The molecule has 1 rings (SSSR count). The molecule has 0 aromatic carbocycles. The lowest BCUT2D eigenvalue weighted by Crippen LogP contribution is -2.12. The Hall–Kier alpha value is -1.96. The highest BCUT2D eigenvalue weighted by molar-refractivity contribution is 5.89. The fourth-order valence-corrected chi connectivity index (χ4v) is 1.15. The summed E-state index contributed by atoms with van der Waals surface area (Å²) in [5.74, 6) is -0.496. The number of nitrogen functional groups attached to an aromatic ring is 1. The molecule has 5 heteroatoms. The van der Waals surface area contributed by atoms with Crippen molar-refractivity contribution in [3.63, 3.8) is 0 Å². The number of carbonyl (C=O) groups excluding carboxylic acids is 1. The van der Waals surface area contributed by atoms with Gasteiger partial charge in [-0.1, -0.05) is 0 Å². The summed E-state index contributed by atoms with van der Waals surface area (Å²) in [6, 6.07) is 3.06. The molecule has 2 N–H and O–H groups in total. The predicted molar refractivity (Wildman–Crippen MR) is 50.5 cm³/mol. The summed E-state index contributed by atoms with van der Waals surface area (Å²) in [5.41, 5.74) is 6.25. The van der Waals surface area contributed by atoms with Crippen molar-refractivity contribution in [1.29, 1.82) is 5.26 Å². The van der Waals surface area contributed by atoms with Crippen LogP contribution in [-0.2, 0) is 4.74 Å². The number of rotatable bonds is 2. The third-order valence-corrected chi connectivity index (χ3v) is 1.87. The van der Waals surface area contributed by atoms with Gasteiger partial charge in [-0.2, -0.15) is 5.26 Å². The first-order valence-electron chi connectivity index (χ1n) is 4.05. The number of nitriles is 1. The number of hydrogen-bond acceptors (Lipinski definition) is 4. The first kappa shape index (κ1) is 10.1. The molecule has 1 aromatic rings. The Morgan fingerprint density at radius 1 is 1.79 bits per heavy atom. The second-order valence-electron chi connectivity index (χ2n) is 2.86. The van der Waals surface area contributed by atoms with Crippen LogP contribution in [0, 0.1) is 11.3 Å². The molecule has 0 amide bonds. The maximum atomic E-state index is 11.3. The lowest BCUT2D eigenvalue weighted by Gasteiger charge is -2.08. The van der Waals surface area contributed by atoms with E-state index in [0.29, 0.717) is 11.4 Å². The zero-order valence-electron chi connectivity index (χ0n) is 8.02. The Balaban J connectivity index is 3.17. The van der Waals surface area contributed by atoms with Crippen molar-refractivity contribution in [1.82, 2.24) is 4.57 Å². The van der Waals surface area contributed by atoms with E-state index in [9.17, 15) is 4.79 Å². The lowest BCUT2D eigenvalue weighted by atomic mass is 10.3. The van der Waals surface area contributed by atoms with Crippen molar-refractivity contribution < 1.29 is 9.53 Å². The van der Waals surface area contributed by atoms with Gasteiger partial charge in [0.15, 0.2) is 0 Å². The van der Waals surface area contributed by atoms with E-state index in [1.165, 1.54) is 17.7 Å². The molecule has 0 fully saturated rings. The normalized spacial score (nSPS) is 11.8. The molecule has 0 saturated carbocycles. The third-order valence-electron chi connectivity index (χ3n) is 1.87.